The van der Waals surface area contributed by atoms with Crippen molar-refractivity contribution < 1.29 is 28.5 Å². The molecule has 0 bridgehead atoms. The van der Waals surface area contributed by atoms with Crippen molar-refractivity contribution in [3.05, 3.63) is 0 Å². The van der Waals surface area contributed by atoms with Crippen molar-refractivity contribution in [2.45, 2.75) is 278 Å². The molecular formula is C51H103NO6. The van der Waals surface area contributed by atoms with Crippen molar-refractivity contribution in [2.24, 2.45) is 0 Å². The summed E-state index contributed by atoms with van der Waals surface area (Å²) in [5.41, 5.74) is -0.577. The molecule has 0 aliphatic heterocycles. The number of amides is 1. The molecule has 0 fully saturated rings. The minimum atomic E-state index is -0.413. The summed E-state index contributed by atoms with van der Waals surface area (Å²) in [4.78, 5) is 12.5. The Balaban J connectivity index is 4.18. The standard InChI is InChI=1S/C51H103NO6/c1-8-10-12-14-16-18-20-22-24-26-28-30-32-34-36-38-42-54-45-48(46-56-49(53)52-41-40-44-57-51(6,7)47-58-50(3,4)5)55-43-39-37-35-33-31-29-27-25-23-21-19-17-15-13-11-9-2/h48H,8-47H2,1-7H3,(H,52,53). The number of nitrogens with one attached hydrogen (secondary N) is 1. The van der Waals surface area contributed by atoms with Crippen LogP contribution in [0.3, 0.4) is 0 Å². The van der Waals surface area contributed by atoms with E-state index in [1.54, 1.807) is 0 Å². The molecule has 0 saturated heterocycles. The van der Waals surface area contributed by atoms with Crippen LogP contribution >= 0.6 is 0 Å². The first-order valence-electron chi connectivity index (χ1n) is 25.5. The molecule has 0 heterocycles. The molecule has 348 valence electrons. The van der Waals surface area contributed by atoms with Crippen LogP contribution in [-0.4, -0.2) is 69.6 Å². The van der Waals surface area contributed by atoms with Gasteiger partial charge in [-0.05, 0) is 53.9 Å². The molecule has 1 atom stereocenters. The van der Waals surface area contributed by atoms with Crippen molar-refractivity contribution >= 4 is 6.09 Å². The topological polar surface area (TPSA) is 75.3 Å². The lowest BCUT2D eigenvalue weighted by Crippen LogP contribution is -2.36. The van der Waals surface area contributed by atoms with Crippen molar-refractivity contribution in [2.75, 3.05) is 46.2 Å². The van der Waals surface area contributed by atoms with Crippen LogP contribution in [0, 0.1) is 0 Å². The second-order valence-electron chi connectivity index (χ2n) is 19.1. The zero-order valence-electron chi connectivity index (χ0n) is 40.3. The van der Waals surface area contributed by atoms with E-state index in [-0.39, 0.29) is 23.9 Å². The van der Waals surface area contributed by atoms with E-state index < -0.39 is 6.09 Å². The highest BCUT2D eigenvalue weighted by molar-refractivity contribution is 5.67. The molecule has 1 unspecified atom stereocenters. The molecule has 7 nitrogen and oxygen atoms in total. The predicted octanol–water partition coefficient (Wildman–Crippen LogP) is 15.6. The van der Waals surface area contributed by atoms with Gasteiger partial charge in [0.25, 0.3) is 0 Å². The Hall–Kier alpha value is -0.890. The van der Waals surface area contributed by atoms with Gasteiger partial charge in [-0.2, -0.15) is 0 Å². The van der Waals surface area contributed by atoms with Gasteiger partial charge in [0.05, 0.1) is 24.4 Å². The van der Waals surface area contributed by atoms with Crippen molar-refractivity contribution in [3.8, 4) is 0 Å². The molecular weight excluding hydrogens is 723 g/mol. The lowest BCUT2D eigenvalue weighted by atomic mass is 10.0. The van der Waals surface area contributed by atoms with Gasteiger partial charge >= 0.3 is 6.09 Å². The Morgan fingerprint density at radius 2 is 0.828 bits per heavy atom. The van der Waals surface area contributed by atoms with Crippen LogP contribution in [0.5, 0.6) is 0 Å². The zero-order valence-corrected chi connectivity index (χ0v) is 40.3. The second kappa shape index (κ2) is 42.8. The molecule has 1 N–H and O–H groups in total. The van der Waals surface area contributed by atoms with E-state index in [1.165, 1.54) is 193 Å². The Labute approximate surface area is 362 Å². The highest BCUT2D eigenvalue weighted by Crippen LogP contribution is 2.17. The van der Waals surface area contributed by atoms with Crippen LogP contribution in [0.1, 0.15) is 260 Å². The van der Waals surface area contributed by atoms with Crippen LogP contribution in [0.4, 0.5) is 4.79 Å². The molecule has 0 aromatic rings. The predicted molar refractivity (Wildman–Crippen MR) is 249 cm³/mol. The van der Waals surface area contributed by atoms with E-state index in [1.807, 2.05) is 34.6 Å². The monoisotopic (exact) mass is 826 g/mol. The summed E-state index contributed by atoms with van der Waals surface area (Å²) < 4.78 is 29.7. The van der Waals surface area contributed by atoms with Gasteiger partial charge in [0.1, 0.15) is 12.7 Å². The van der Waals surface area contributed by atoms with Crippen molar-refractivity contribution in [1.82, 2.24) is 5.32 Å². The summed E-state index contributed by atoms with van der Waals surface area (Å²) in [5.74, 6) is 0. The highest BCUT2D eigenvalue weighted by atomic mass is 16.6. The van der Waals surface area contributed by atoms with Gasteiger partial charge in [-0.15, -0.1) is 0 Å². The Morgan fingerprint density at radius 3 is 1.22 bits per heavy atom. The first-order valence-corrected chi connectivity index (χ1v) is 25.5. The lowest BCUT2D eigenvalue weighted by Gasteiger charge is -2.30. The van der Waals surface area contributed by atoms with Gasteiger partial charge in [0, 0.05) is 26.4 Å². The van der Waals surface area contributed by atoms with Crippen LogP contribution in [0.2, 0.25) is 0 Å². The van der Waals surface area contributed by atoms with E-state index in [0.29, 0.717) is 39.4 Å². The number of unbranched alkanes of at least 4 members (excludes halogenated alkanes) is 30. The van der Waals surface area contributed by atoms with Gasteiger partial charge in [-0.1, -0.05) is 206 Å². The van der Waals surface area contributed by atoms with Gasteiger partial charge in [-0.25, -0.2) is 4.79 Å². The fourth-order valence-corrected chi connectivity index (χ4v) is 7.27. The first kappa shape index (κ1) is 57.1. The summed E-state index contributed by atoms with van der Waals surface area (Å²) in [6.07, 6.45) is 43.5. The fourth-order valence-electron chi connectivity index (χ4n) is 7.27. The first-order chi connectivity index (χ1) is 28.1. The summed E-state index contributed by atoms with van der Waals surface area (Å²) >= 11 is 0. The molecule has 0 radical (unpaired) electrons. The normalized spacial score (nSPS) is 12.7. The summed E-state index contributed by atoms with van der Waals surface area (Å²) in [6, 6.07) is 0. The Morgan fingerprint density at radius 1 is 0.448 bits per heavy atom. The molecule has 0 spiro atoms. The minimum Gasteiger partial charge on any atom is -0.447 e. The Bertz CT molecular complexity index is 830. The maximum atomic E-state index is 12.5. The number of hydrogen-bond acceptors (Lipinski definition) is 6. The smallest absolute Gasteiger partial charge is 0.407 e. The quantitative estimate of drug-likeness (QED) is 0.0616. The number of carbonyl (C=O) groups is 1. The van der Waals surface area contributed by atoms with Crippen molar-refractivity contribution in [1.29, 1.82) is 0 Å². The largest absolute Gasteiger partial charge is 0.447 e. The number of carbonyl (C=O) groups excluding carboxylic acids is 1. The zero-order chi connectivity index (χ0) is 42.7. The molecule has 0 aromatic heterocycles. The Kier molecular flexibility index (Phi) is 42.1. The number of rotatable bonds is 46. The number of alkyl carbamates (subject to hydrolysis) is 1. The van der Waals surface area contributed by atoms with Gasteiger partial charge in [0.2, 0.25) is 0 Å². The van der Waals surface area contributed by atoms with Crippen LogP contribution in [-0.2, 0) is 23.7 Å². The third-order valence-corrected chi connectivity index (χ3v) is 11.1. The van der Waals surface area contributed by atoms with E-state index in [0.717, 1.165) is 19.4 Å². The maximum Gasteiger partial charge on any atom is 0.407 e. The van der Waals surface area contributed by atoms with E-state index in [9.17, 15) is 4.79 Å². The minimum absolute atomic E-state index is 0.199. The van der Waals surface area contributed by atoms with Crippen LogP contribution in [0.15, 0.2) is 0 Å². The molecule has 7 heteroatoms. The third-order valence-electron chi connectivity index (χ3n) is 11.1. The number of ether oxygens (including phenoxy) is 5. The fraction of sp³-hybridized carbons (Fsp3) is 0.980. The average molecular weight is 826 g/mol. The van der Waals surface area contributed by atoms with E-state index in [2.05, 4.69) is 19.2 Å². The summed E-state index contributed by atoms with van der Waals surface area (Å²) in [7, 11) is 0. The van der Waals surface area contributed by atoms with Gasteiger partial charge < -0.3 is 29.0 Å². The van der Waals surface area contributed by atoms with E-state index in [4.69, 9.17) is 23.7 Å². The molecule has 58 heavy (non-hydrogen) atoms. The van der Waals surface area contributed by atoms with Crippen LogP contribution < -0.4 is 5.32 Å². The lowest BCUT2D eigenvalue weighted by molar-refractivity contribution is -0.114. The molecule has 0 rings (SSSR count). The molecule has 0 aliphatic rings. The highest BCUT2D eigenvalue weighted by Gasteiger charge is 2.22. The van der Waals surface area contributed by atoms with Crippen molar-refractivity contribution in [3.63, 3.8) is 0 Å². The molecule has 0 saturated carbocycles. The van der Waals surface area contributed by atoms with Gasteiger partial charge in [0.15, 0.2) is 0 Å². The summed E-state index contributed by atoms with van der Waals surface area (Å²) in [6.45, 7) is 18.4. The number of hydrogen-bond donors (Lipinski definition) is 1. The molecule has 0 aliphatic carbocycles. The molecule has 0 aromatic carbocycles. The van der Waals surface area contributed by atoms with Crippen LogP contribution in [0.25, 0.3) is 0 Å². The third kappa shape index (κ3) is 46.2. The molecule has 1 amide bonds. The van der Waals surface area contributed by atoms with E-state index >= 15 is 0 Å². The van der Waals surface area contributed by atoms with Gasteiger partial charge in [-0.3, -0.25) is 0 Å². The second-order valence-corrected chi connectivity index (χ2v) is 19.1. The average Bonchev–Trinajstić information content (AvgIpc) is 3.19. The summed E-state index contributed by atoms with van der Waals surface area (Å²) in [5, 5.41) is 2.86. The maximum absolute atomic E-state index is 12.5. The SMILES string of the molecule is CCCCCCCCCCCCCCCCCCOCC(COC(=O)NCCCOC(C)(C)COC(C)(C)C)OCCCCCCCCCCCCCCCCCC.